The average molecular weight is 443 g/mol. The monoisotopic (exact) mass is 443 g/mol. The van der Waals surface area contributed by atoms with Gasteiger partial charge in [0, 0.05) is 28.9 Å². The van der Waals surface area contributed by atoms with Crippen molar-refractivity contribution < 1.29 is 14.3 Å². The van der Waals surface area contributed by atoms with Crippen LogP contribution in [0, 0.1) is 5.82 Å². The maximum Gasteiger partial charge on any atom is 0.263 e. The summed E-state index contributed by atoms with van der Waals surface area (Å²) in [6.45, 7) is 3.06. The second-order valence-electron chi connectivity index (χ2n) is 8.35. The molecule has 0 aliphatic carbocycles. The number of hydrogen-bond donors (Lipinski definition) is 1. The van der Waals surface area contributed by atoms with Crippen LogP contribution in [0.1, 0.15) is 29.8 Å². The summed E-state index contributed by atoms with van der Waals surface area (Å²) in [4.78, 5) is 34.9. The summed E-state index contributed by atoms with van der Waals surface area (Å²) in [5.74, 6) is -1.04. The van der Waals surface area contributed by atoms with Crippen LogP contribution >= 0.6 is 0 Å². The van der Waals surface area contributed by atoms with Gasteiger partial charge in [0.1, 0.15) is 12.1 Å². The van der Waals surface area contributed by atoms with Gasteiger partial charge in [-0.25, -0.2) is 14.4 Å². The molecular weight excluding hydrogens is 421 g/mol. The van der Waals surface area contributed by atoms with Crippen molar-refractivity contribution in [2.75, 3.05) is 0 Å². The Morgan fingerprint density at radius 3 is 2.48 bits per heavy atom. The predicted molar refractivity (Wildman–Crippen MR) is 125 cm³/mol. The molecule has 2 aromatic heterocycles. The zero-order valence-corrected chi connectivity index (χ0v) is 18.2. The Labute approximate surface area is 189 Å². The van der Waals surface area contributed by atoms with Crippen molar-refractivity contribution >= 4 is 22.8 Å². The summed E-state index contributed by atoms with van der Waals surface area (Å²) in [7, 11) is 0. The first kappa shape index (κ1) is 22.2. The first-order valence-corrected chi connectivity index (χ1v) is 10.4. The molecule has 0 atom stereocenters. The lowest BCUT2D eigenvalue weighted by atomic mass is 9.93. The van der Waals surface area contributed by atoms with Gasteiger partial charge in [0.2, 0.25) is 0 Å². The number of rotatable bonds is 6. The third kappa shape index (κ3) is 4.78. The molecule has 2 aromatic carbocycles. The van der Waals surface area contributed by atoms with E-state index in [-0.39, 0.29) is 12.1 Å². The minimum atomic E-state index is -1.24. The fourth-order valence-corrected chi connectivity index (χ4v) is 3.76. The van der Waals surface area contributed by atoms with Crippen LogP contribution in [0.4, 0.5) is 4.39 Å². The first-order valence-electron chi connectivity index (χ1n) is 10.4. The number of aliphatic hydroxyl groups is 1. The van der Waals surface area contributed by atoms with E-state index in [2.05, 4.69) is 9.97 Å². The molecule has 166 valence electrons. The summed E-state index contributed by atoms with van der Waals surface area (Å²) in [5, 5.41) is 10.8. The Bertz CT molecular complexity index is 1410. The van der Waals surface area contributed by atoms with Gasteiger partial charge in [-0.1, -0.05) is 30.3 Å². The number of ketones is 1. The molecule has 0 bridgehead atoms. The van der Waals surface area contributed by atoms with E-state index in [9.17, 15) is 19.1 Å². The SMILES string of the molecule is CC(C)(O)Cn1c(=O)c(C(=O)/C=C/c2cncnc2)c(-c2ccccc2)c2cc(F)ccc21. The highest BCUT2D eigenvalue weighted by molar-refractivity contribution is 6.15. The van der Waals surface area contributed by atoms with Gasteiger partial charge in [-0.3, -0.25) is 9.59 Å². The van der Waals surface area contributed by atoms with E-state index in [4.69, 9.17) is 0 Å². The Hall–Kier alpha value is -3.97. The lowest BCUT2D eigenvalue weighted by molar-refractivity contribution is 0.0616. The van der Waals surface area contributed by atoms with Crippen molar-refractivity contribution in [2.24, 2.45) is 0 Å². The van der Waals surface area contributed by atoms with Crippen molar-refractivity contribution in [2.45, 2.75) is 26.0 Å². The van der Waals surface area contributed by atoms with Gasteiger partial charge >= 0.3 is 0 Å². The zero-order valence-electron chi connectivity index (χ0n) is 18.2. The molecule has 0 aliphatic rings. The fourth-order valence-electron chi connectivity index (χ4n) is 3.76. The number of carbonyl (C=O) groups excluding carboxylic acids is 1. The Morgan fingerprint density at radius 1 is 1.12 bits per heavy atom. The van der Waals surface area contributed by atoms with Crippen LogP contribution in [0.15, 0.2) is 78.1 Å². The van der Waals surface area contributed by atoms with Crippen LogP contribution in [-0.2, 0) is 6.54 Å². The molecular formula is C26H22FN3O3. The minimum Gasteiger partial charge on any atom is -0.389 e. The molecule has 0 amide bonds. The third-order valence-corrected chi connectivity index (χ3v) is 5.09. The molecule has 4 aromatic rings. The zero-order chi connectivity index (χ0) is 23.6. The molecule has 1 N–H and O–H groups in total. The first-order chi connectivity index (χ1) is 15.7. The van der Waals surface area contributed by atoms with Gasteiger partial charge in [0.25, 0.3) is 5.56 Å². The number of fused-ring (bicyclic) bond motifs is 1. The van der Waals surface area contributed by atoms with E-state index in [1.165, 1.54) is 53.6 Å². The normalized spacial score (nSPS) is 11.9. The molecule has 0 radical (unpaired) electrons. The lowest BCUT2D eigenvalue weighted by Crippen LogP contribution is -2.35. The summed E-state index contributed by atoms with van der Waals surface area (Å²) >= 11 is 0. The van der Waals surface area contributed by atoms with E-state index in [0.717, 1.165) is 0 Å². The van der Waals surface area contributed by atoms with Crippen LogP contribution in [-0.4, -0.2) is 31.0 Å². The molecule has 0 unspecified atom stereocenters. The number of aromatic nitrogens is 3. The highest BCUT2D eigenvalue weighted by Gasteiger charge is 2.25. The molecule has 0 fully saturated rings. The van der Waals surface area contributed by atoms with Gasteiger partial charge in [0.15, 0.2) is 5.78 Å². The molecule has 2 heterocycles. The van der Waals surface area contributed by atoms with Crippen molar-refractivity contribution in [1.82, 2.24) is 14.5 Å². The van der Waals surface area contributed by atoms with E-state index in [1.54, 1.807) is 38.1 Å². The van der Waals surface area contributed by atoms with Crippen LogP contribution in [0.3, 0.4) is 0 Å². The summed E-state index contributed by atoms with van der Waals surface area (Å²) in [5.41, 5.74) is 0.0824. The van der Waals surface area contributed by atoms with E-state index < -0.39 is 22.8 Å². The van der Waals surface area contributed by atoms with Crippen molar-refractivity contribution in [3.8, 4) is 11.1 Å². The lowest BCUT2D eigenvalue weighted by Gasteiger charge is -2.23. The second-order valence-corrected chi connectivity index (χ2v) is 8.35. The Kier molecular flexibility index (Phi) is 5.98. The van der Waals surface area contributed by atoms with Crippen molar-refractivity contribution in [3.63, 3.8) is 0 Å². The number of allylic oxidation sites excluding steroid dienone is 1. The number of pyridine rings is 1. The molecule has 4 rings (SSSR count). The number of benzene rings is 2. The quantitative estimate of drug-likeness (QED) is 0.355. The summed E-state index contributed by atoms with van der Waals surface area (Å²) in [6.07, 6.45) is 7.25. The van der Waals surface area contributed by atoms with E-state index >= 15 is 0 Å². The van der Waals surface area contributed by atoms with Crippen LogP contribution in [0.25, 0.3) is 28.1 Å². The standard InChI is InChI=1S/C26H22FN3O3/c1-26(2,33)15-30-21-10-9-19(27)12-20(21)23(18-6-4-3-5-7-18)24(25(30)32)22(31)11-8-17-13-28-16-29-14-17/h3-14,16,33H,15H2,1-2H3/b11-8+. The smallest absolute Gasteiger partial charge is 0.263 e. The number of halogens is 1. The largest absolute Gasteiger partial charge is 0.389 e. The average Bonchev–Trinajstić information content (AvgIpc) is 2.79. The van der Waals surface area contributed by atoms with Crippen LogP contribution in [0.2, 0.25) is 0 Å². The molecule has 6 nitrogen and oxygen atoms in total. The molecule has 0 saturated heterocycles. The number of hydrogen-bond acceptors (Lipinski definition) is 5. The van der Waals surface area contributed by atoms with Gasteiger partial charge in [-0.05, 0) is 49.8 Å². The van der Waals surface area contributed by atoms with Gasteiger partial charge in [0.05, 0.1) is 23.2 Å². The number of nitrogens with zero attached hydrogens (tertiary/aromatic N) is 3. The molecule has 7 heteroatoms. The molecule has 0 aliphatic heterocycles. The second kappa shape index (κ2) is 8.88. The highest BCUT2D eigenvalue weighted by atomic mass is 19.1. The van der Waals surface area contributed by atoms with E-state index in [0.29, 0.717) is 27.6 Å². The third-order valence-electron chi connectivity index (χ3n) is 5.09. The Balaban J connectivity index is 2.04. The molecule has 0 saturated carbocycles. The highest BCUT2D eigenvalue weighted by Crippen LogP contribution is 2.32. The predicted octanol–water partition coefficient (Wildman–Crippen LogP) is 4.26. The Morgan fingerprint density at radius 2 is 1.82 bits per heavy atom. The maximum atomic E-state index is 14.4. The van der Waals surface area contributed by atoms with E-state index in [1.807, 2.05) is 6.07 Å². The molecule has 33 heavy (non-hydrogen) atoms. The topological polar surface area (TPSA) is 85.1 Å². The van der Waals surface area contributed by atoms with Crippen LogP contribution in [0.5, 0.6) is 0 Å². The van der Waals surface area contributed by atoms with Crippen molar-refractivity contribution in [1.29, 1.82) is 0 Å². The summed E-state index contributed by atoms with van der Waals surface area (Å²) < 4.78 is 15.7. The maximum absolute atomic E-state index is 14.4. The van der Waals surface area contributed by atoms with Gasteiger partial charge < -0.3 is 9.67 Å². The van der Waals surface area contributed by atoms with Crippen molar-refractivity contribution in [3.05, 3.63) is 101 Å². The summed E-state index contributed by atoms with van der Waals surface area (Å²) in [6, 6.07) is 13.0. The van der Waals surface area contributed by atoms with Gasteiger partial charge in [-0.2, -0.15) is 0 Å². The van der Waals surface area contributed by atoms with Crippen LogP contribution < -0.4 is 5.56 Å². The minimum absolute atomic E-state index is 0.0699. The number of carbonyl (C=O) groups is 1. The molecule has 0 spiro atoms. The van der Waals surface area contributed by atoms with Gasteiger partial charge in [-0.15, -0.1) is 0 Å². The fraction of sp³-hybridized carbons (Fsp3) is 0.154.